The summed E-state index contributed by atoms with van der Waals surface area (Å²) < 4.78 is 27.5. The van der Waals surface area contributed by atoms with Gasteiger partial charge in [-0.05, 0) is 52.2 Å². The van der Waals surface area contributed by atoms with E-state index < -0.39 is 16.1 Å². The number of thiophene rings is 1. The lowest BCUT2D eigenvalue weighted by Crippen LogP contribution is -2.25. The maximum absolute atomic E-state index is 12.0. The van der Waals surface area contributed by atoms with Crippen molar-refractivity contribution < 1.29 is 13.5 Å². The second kappa shape index (κ2) is 7.21. The van der Waals surface area contributed by atoms with Gasteiger partial charge in [0.2, 0.25) is 10.0 Å². The third kappa shape index (κ3) is 4.77. The van der Waals surface area contributed by atoms with Crippen LogP contribution in [0.5, 0.6) is 0 Å². The molecular weight excluding hydrogens is 398 g/mol. The maximum Gasteiger partial charge on any atom is 0.250 e. The standard InChI is InChI=1S/C13H13BrClNO3S2/c14-12-4-5-13(20-12)21(18,19)16-7-6-11(17)9-2-1-3-10(15)8-9/h1-5,8,11,16-17H,6-7H2. The lowest BCUT2D eigenvalue weighted by atomic mass is 10.1. The number of rotatable bonds is 6. The van der Waals surface area contributed by atoms with E-state index in [-0.39, 0.29) is 17.2 Å². The van der Waals surface area contributed by atoms with E-state index in [0.717, 1.165) is 15.1 Å². The van der Waals surface area contributed by atoms with Crippen molar-refractivity contribution in [1.29, 1.82) is 0 Å². The van der Waals surface area contributed by atoms with E-state index in [1.165, 1.54) is 6.07 Å². The van der Waals surface area contributed by atoms with Gasteiger partial charge >= 0.3 is 0 Å². The molecule has 0 amide bonds. The normalized spacial score (nSPS) is 13.3. The molecule has 0 radical (unpaired) electrons. The van der Waals surface area contributed by atoms with Crippen LogP contribution in [0.1, 0.15) is 18.1 Å². The molecular formula is C13H13BrClNO3S2. The summed E-state index contributed by atoms with van der Waals surface area (Å²) in [7, 11) is -3.52. The first-order chi connectivity index (χ1) is 9.88. The van der Waals surface area contributed by atoms with E-state index in [2.05, 4.69) is 20.7 Å². The number of hydrogen-bond donors (Lipinski definition) is 2. The number of halogens is 2. The van der Waals surface area contributed by atoms with E-state index in [1.807, 2.05) is 0 Å². The zero-order valence-electron chi connectivity index (χ0n) is 10.8. The SMILES string of the molecule is O=S(=O)(NCCC(O)c1cccc(Cl)c1)c1ccc(Br)s1. The predicted molar refractivity (Wildman–Crippen MR) is 88.2 cm³/mol. The van der Waals surface area contributed by atoms with E-state index in [0.29, 0.717) is 10.6 Å². The third-order valence-corrected chi connectivity index (χ3v) is 6.57. The van der Waals surface area contributed by atoms with Gasteiger partial charge in [-0.2, -0.15) is 0 Å². The van der Waals surface area contributed by atoms with Gasteiger partial charge in [0.15, 0.2) is 0 Å². The van der Waals surface area contributed by atoms with Crippen molar-refractivity contribution in [3.05, 3.63) is 50.8 Å². The Morgan fingerprint density at radius 2 is 2.10 bits per heavy atom. The van der Waals surface area contributed by atoms with Gasteiger partial charge in [0.25, 0.3) is 0 Å². The maximum atomic E-state index is 12.0. The first kappa shape index (κ1) is 16.9. The van der Waals surface area contributed by atoms with Gasteiger partial charge in [0.05, 0.1) is 9.89 Å². The summed E-state index contributed by atoms with van der Waals surface area (Å²) >= 11 is 10.2. The average molecular weight is 411 g/mol. The second-order valence-electron chi connectivity index (χ2n) is 4.32. The van der Waals surface area contributed by atoms with Gasteiger partial charge in [-0.15, -0.1) is 11.3 Å². The molecule has 0 spiro atoms. The number of hydrogen-bond acceptors (Lipinski definition) is 4. The molecule has 21 heavy (non-hydrogen) atoms. The minimum absolute atomic E-state index is 0.144. The van der Waals surface area contributed by atoms with Crippen LogP contribution < -0.4 is 4.72 Å². The van der Waals surface area contributed by atoms with Crippen molar-refractivity contribution in [3.63, 3.8) is 0 Å². The Kier molecular flexibility index (Phi) is 5.81. The fourth-order valence-corrected chi connectivity index (χ4v) is 5.02. The largest absolute Gasteiger partial charge is 0.388 e. The molecule has 0 bridgehead atoms. The van der Waals surface area contributed by atoms with Gasteiger partial charge in [-0.1, -0.05) is 23.7 Å². The summed E-state index contributed by atoms with van der Waals surface area (Å²) in [5.74, 6) is 0. The fourth-order valence-electron chi connectivity index (χ4n) is 1.72. The topological polar surface area (TPSA) is 66.4 Å². The molecule has 1 atom stereocenters. The number of aliphatic hydroxyl groups is 1. The lowest BCUT2D eigenvalue weighted by Gasteiger charge is -2.11. The Labute approximate surface area is 140 Å². The molecule has 1 unspecified atom stereocenters. The molecule has 2 N–H and O–H groups in total. The van der Waals surface area contributed by atoms with Crippen LogP contribution in [0.15, 0.2) is 44.4 Å². The number of aliphatic hydroxyl groups excluding tert-OH is 1. The Morgan fingerprint density at radius 1 is 1.33 bits per heavy atom. The van der Waals surface area contributed by atoms with Crippen LogP contribution >= 0.6 is 38.9 Å². The van der Waals surface area contributed by atoms with Crippen LogP contribution in [0, 0.1) is 0 Å². The second-order valence-corrected chi connectivity index (χ2v) is 9.21. The molecule has 0 fully saturated rings. The molecule has 0 aliphatic rings. The van der Waals surface area contributed by atoms with Gasteiger partial charge in [0, 0.05) is 11.6 Å². The Bertz CT molecular complexity index is 718. The van der Waals surface area contributed by atoms with Gasteiger partial charge in [-0.3, -0.25) is 0 Å². The average Bonchev–Trinajstić information content (AvgIpc) is 2.86. The minimum atomic E-state index is -3.52. The Balaban J connectivity index is 1.92. The molecule has 0 aliphatic heterocycles. The molecule has 114 valence electrons. The highest BCUT2D eigenvalue weighted by molar-refractivity contribution is 9.11. The predicted octanol–water partition coefficient (Wildman–Crippen LogP) is 3.57. The van der Waals surface area contributed by atoms with Crippen molar-refractivity contribution in [2.45, 2.75) is 16.7 Å². The lowest BCUT2D eigenvalue weighted by molar-refractivity contribution is 0.169. The van der Waals surface area contributed by atoms with E-state index in [4.69, 9.17) is 11.6 Å². The van der Waals surface area contributed by atoms with Crippen LogP contribution in [-0.4, -0.2) is 20.1 Å². The monoisotopic (exact) mass is 409 g/mol. The minimum Gasteiger partial charge on any atom is -0.388 e. The summed E-state index contributed by atoms with van der Waals surface area (Å²) in [6, 6.07) is 10.1. The summed E-state index contributed by atoms with van der Waals surface area (Å²) in [5.41, 5.74) is 0.667. The van der Waals surface area contributed by atoms with Crippen molar-refractivity contribution in [3.8, 4) is 0 Å². The van der Waals surface area contributed by atoms with Crippen LogP contribution in [0.25, 0.3) is 0 Å². The third-order valence-electron chi connectivity index (χ3n) is 2.76. The van der Waals surface area contributed by atoms with Crippen molar-refractivity contribution in [1.82, 2.24) is 4.72 Å². The first-order valence-electron chi connectivity index (χ1n) is 6.07. The zero-order valence-corrected chi connectivity index (χ0v) is 14.8. The summed E-state index contributed by atoms with van der Waals surface area (Å²) in [4.78, 5) is 0. The van der Waals surface area contributed by atoms with E-state index in [1.54, 1.807) is 30.3 Å². The highest BCUT2D eigenvalue weighted by Gasteiger charge is 2.17. The van der Waals surface area contributed by atoms with Crippen LogP contribution in [-0.2, 0) is 10.0 Å². The highest BCUT2D eigenvalue weighted by Crippen LogP contribution is 2.26. The smallest absolute Gasteiger partial charge is 0.250 e. The first-order valence-corrected chi connectivity index (χ1v) is 9.54. The van der Waals surface area contributed by atoms with E-state index >= 15 is 0 Å². The molecule has 1 heterocycles. The number of nitrogens with one attached hydrogen (secondary N) is 1. The number of benzene rings is 1. The molecule has 1 aromatic carbocycles. The zero-order chi connectivity index (χ0) is 15.5. The molecule has 0 saturated heterocycles. The number of sulfonamides is 1. The molecule has 2 aromatic rings. The molecule has 0 aliphatic carbocycles. The van der Waals surface area contributed by atoms with Gasteiger partial charge in [-0.25, -0.2) is 13.1 Å². The van der Waals surface area contributed by atoms with Gasteiger partial charge < -0.3 is 5.11 Å². The van der Waals surface area contributed by atoms with Crippen molar-refractivity contribution in [2.24, 2.45) is 0 Å². The fraction of sp³-hybridized carbons (Fsp3) is 0.231. The Morgan fingerprint density at radius 3 is 2.71 bits per heavy atom. The summed E-state index contributed by atoms with van der Waals surface area (Å²) in [6.07, 6.45) is -0.493. The van der Waals surface area contributed by atoms with Gasteiger partial charge in [0.1, 0.15) is 4.21 Å². The molecule has 1 aromatic heterocycles. The Hall–Kier alpha value is -0.440. The highest BCUT2D eigenvalue weighted by atomic mass is 79.9. The molecule has 0 saturated carbocycles. The van der Waals surface area contributed by atoms with E-state index in [9.17, 15) is 13.5 Å². The van der Waals surface area contributed by atoms with Crippen LogP contribution in [0.3, 0.4) is 0 Å². The molecule has 2 rings (SSSR count). The van der Waals surface area contributed by atoms with Crippen LogP contribution in [0.4, 0.5) is 0 Å². The van der Waals surface area contributed by atoms with Crippen molar-refractivity contribution in [2.75, 3.05) is 6.54 Å². The van der Waals surface area contributed by atoms with Crippen molar-refractivity contribution >= 4 is 48.9 Å². The summed E-state index contributed by atoms with van der Waals surface area (Å²) in [5, 5.41) is 10.6. The molecule has 4 nitrogen and oxygen atoms in total. The quantitative estimate of drug-likeness (QED) is 0.765. The molecule has 8 heteroatoms. The van der Waals surface area contributed by atoms with Crippen LogP contribution in [0.2, 0.25) is 5.02 Å². The summed E-state index contributed by atoms with van der Waals surface area (Å²) in [6.45, 7) is 0.144.